The third-order valence-electron chi connectivity index (χ3n) is 3.30. The molecule has 0 saturated carbocycles. The summed E-state index contributed by atoms with van der Waals surface area (Å²) in [5.74, 6) is 1.04. The summed E-state index contributed by atoms with van der Waals surface area (Å²) < 4.78 is 5.83. The number of hydrogen-bond donors (Lipinski definition) is 1. The minimum atomic E-state index is -0.748. The summed E-state index contributed by atoms with van der Waals surface area (Å²) in [6.07, 6.45) is 3.43. The van der Waals surface area contributed by atoms with E-state index in [1.54, 1.807) is 18.0 Å². The molecule has 4 nitrogen and oxygen atoms in total. The molecular formula is C18H21NO3S. The van der Waals surface area contributed by atoms with Crippen LogP contribution in [-0.2, 0) is 17.8 Å². The first-order valence-corrected chi connectivity index (χ1v) is 8.68. The molecule has 0 aliphatic carbocycles. The maximum absolute atomic E-state index is 10.5. The Morgan fingerprint density at radius 1 is 1.26 bits per heavy atom. The molecule has 1 aromatic carbocycles. The Labute approximate surface area is 140 Å². The highest BCUT2D eigenvalue weighted by atomic mass is 32.2. The number of carbonyl (C=O) groups is 1. The highest BCUT2D eigenvalue weighted by Crippen LogP contribution is 2.22. The average molecular weight is 331 g/mol. The number of hydrogen-bond acceptors (Lipinski definition) is 4. The summed E-state index contributed by atoms with van der Waals surface area (Å²) >= 11 is 1.71. The van der Waals surface area contributed by atoms with Gasteiger partial charge in [-0.05, 0) is 42.4 Å². The van der Waals surface area contributed by atoms with Crippen LogP contribution < -0.4 is 4.74 Å². The highest BCUT2D eigenvalue weighted by Gasteiger charge is 2.04. The minimum Gasteiger partial charge on any atom is -0.489 e. The lowest BCUT2D eigenvalue weighted by Crippen LogP contribution is -1.99. The van der Waals surface area contributed by atoms with E-state index >= 15 is 0 Å². The van der Waals surface area contributed by atoms with Crippen LogP contribution in [0.2, 0.25) is 0 Å². The molecule has 1 N–H and O–H groups in total. The Morgan fingerprint density at radius 3 is 2.74 bits per heavy atom. The molecule has 1 aromatic heterocycles. The molecule has 0 amide bonds. The van der Waals surface area contributed by atoms with Crippen molar-refractivity contribution in [1.82, 2.24) is 4.98 Å². The first kappa shape index (κ1) is 17.3. The molecule has 0 fully saturated rings. The third kappa shape index (κ3) is 5.94. The van der Waals surface area contributed by atoms with Crippen LogP contribution in [0.25, 0.3) is 0 Å². The number of pyridine rings is 1. The van der Waals surface area contributed by atoms with E-state index in [0.29, 0.717) is 13.0 Å². The molecule has 0 unspecified atom stereocenters. The van der Waals surface area contributed by atoms with Crippen molar-refractivity contribution in [3.05, 3.63) is 53.7 Å². The van der Waals surface area contributed by atoms with Crippen molar-refractivity contribution in [2.24, 2.45) is 0 Å². The van der Waals surface area contributed by atoms with Crippen molar-refractivity contribution >= 4 is 17.7 Å². The second-order valence-corrected chi connectivity index (χ2v) is 6.33. The molecule has 0 saturated heterocycles. The van der Waals surface area contributed by atoms with Gasteiger partial charge in [-0.15, -0.1) is 11.8 Å². The van der Waals surface area contributed by atoms with Gasteiger partial charge >= 0.3 is 5.97 Å². The van der Waals surface area contributed by atoms with E-state index in [1.165, 1.54) is 0 Å². The normalized spacial score (nSPS) is 10.5. The van der Waals surface area contributed by atoms with E-state index in [0.717, 1.165) is 34.1 Å². The molecule has 0 bridgehead atoms. The van der Waals surface area contributed by atoms with Gasteiger partial charge < -0.3 is 9.84 Å². The van der Waals surface area contributed by atoms with Crippen LogP contribution in [0.15, 0.2) is 47.6 Å². The Morgan fingerprint density at radius 2 is 2.04 bits per heavy atom. The predicted octanol–water partition coefficient (Wildman–Crippen LogP) is 4.18. The number of carboxylic acid groups (broad SMARTS) is 1. The average Bonchev–Trinajstić information content (AvgIpc) is 2.55. The SMILES string of the molecule is CCSc1ncccc1COc1ccc(CCCC(=O)O)cc1. The van der Waals surface area contributed by atoms with E-state index in [-0.39, 0.29) is 6.42 Å². The molecule has 0 spiro atoms. The molecule has 0 atom stereocenters. The lowest BCUT2D eigenvalue weighted by atomic mass is 10.1. The summed E-state index contributed by atoms with van der Waals surface area (Å²) in [6.45, 7) is 2.60. The number of thioether (sulfide) groups is 1. The lowest BCUT2D eigenvalue weighted by Gasteiger charge is -2.10. The Balaban J connectivity index is 1.88. The van der Waals surface area contributed by atoms with Gasteiger partial charge in [0.15, 0.2) is 0 Å². The monoisotopic (exact) mass is 331 g/mol. The maximum Gasteiger partial charge on any atom is 0.303 e. The second-order valence-electron chi connectivity index (χ2n) is 5.08. The second kappa shape index (κ2) is 9.20. The molecular weight excluding hydrogens is 310 g/mol. The number of ether oxygens (including phenoxy) is 1. The number of aryl methyl sites for hydroxylation is 1. The molecule has 5 heteroatoms. The summed E-state index contributed by atoms with van der Waals surface area (Å²) in [5, 5.41) is 9.66. The van der Waals surface area contributed by atoms with Crippen LogP contribution in [0.5, 0.6) is 5.75 Å². The van der Waals surface area contributed by atoms with Crippen molar-refractivity contribution < 1.29 is 14.6 Å². The third-order valence-corrected chi connectivity index (χ3v) is 4.23. The Hall–Kier alpha value is -2.01. The first-order chi connectivity index (χ1) is 11.2. The summed E-state index contributed by atoms with van der Waals surface area (Å²) in [6, 6.07) is 11.8. The van der Waals surface area contributed by atoms with Crippen molar-refractivity contribution in [2.75, 3.05) is 5.75 Å². The van der Waals surface area contributed by atoms with Gasteiger partial charge in [0.1, 0.15) is 17.4 Å². The molecule has 2 rings (SSSR count). The largest absolute Gasteiger partial charge is 0.489 e. The molecule has 23 heavy (non-hydrogen) atoms. The zero-order valence-electron chi connectivity index (χ0n) is 13.2. The van der Waals surface area contributed by atoms with E-state index in [4.69, 9.17) is 9.84 Å². The molecule has 0 radical (unpaired) electrons. The van der Waals surface area contributed by atoms with Crippen LogP contribution in [0, 0.1) is 0 Å². The highest BCUT2D eigenvalue weighted by molar-refractivity contribution is 7.99. The number of aliphatic carboxylic acids is 1. The lowest BCUT2D eigenvalue weighted by molar-refractivity contribution is -0.137. The Bertz CT molecular complexity index is 628. The maximum atomic E-state index is 10.5. The fourth-order valence-electron chi connectivity index (χ4n) is 2.16. The minimum absolute atomic E-state index is 0.205. The fourth-order valence-corrected chi connectivity index (χ4v) is 2.88. The molecule has 122 valence electrons. The van der Waals surface area contributed by atoms with Gasteiger partial charge in [-0.3, -0.25) is 4.79 Å². The van der Waals surface area contributed by atoms with Crippen LogP contribution >= 0.6 is 11.8 Å². The van der Waals surface area contributed by atoms with Gasteiger partial charge in [0, 0.05) is 18.2 Å². The topological polar surface area (TPSA) is 59.4 Å². The molecule has 2 aromatic rings. The quantitative estimate of drug-likeness (QED) is 0.699. The molecule has 0 aliphatic rings. The molecule has 0 aliphatic heterocycles. The van der Waals surface area contributed by atoms with Gasteiger partial charge in [0.2, 0.25) is 0 Å². The van der Waals surface area contributed by atoms with Crippen molar-refractivity contribution in [2.45, 2.75) is 37.8 Å². The van der Waals surface area contributed by atoms with Crippen LogP contribution in [0.4, 0.5) is 0 Å². The van der Waals surface area contributed by atoms with Gasteiger partial charge in [-0.1, -0.05) is 25.1 Å². The van der Waals surface area contributed by atoms with E-state index in [1.807, 2.05) is 36.4 Å². The van der Waals surface area contributed by atoms with E-state index in [2.05, 4.69) is 11.9 Å². The standard InChI is InChI=1S/C18H21NO3S/c1-2-23-18-15(6-4-12-19-18)13-22-16-10-8-14(9-11-16)5-3-7-17(20)21/h4,6,8-12H,2-3,5,7,13H2,1H3,(H,20,21). The van der Waals surface area contributed by atoms with E-state index in [9.17, 15) is 4.79 Å². The van der Waals surface area contributed by atoms with Crippen LogP contribution in [-0.4, -0.2) is 21.8 Å². The number of aromatic nitrogens is 1. The van der Waals surface area contributed by atoms with E-state index < -0.39 is 5.97 Å². The zero-order valence-corrected chi connectivity index (χ0v) is 14.0. The summed E-state index contributed by atoms with van der Waals surface area (Å²) in [7, 11) is 0. The van der Waals surface area contributed by atoms with Crippen molar-refractivity contribution in [3.63, 3.8) is 0 Å². The van der Waals surface area contributed by atoms with Crippen LogP contribution in [0.1, 0.15) is 30.9 Å². The zero-order chi connectivity index (χ0) is 16.5. The number of rotatable bonds is 9. The van der Waals surface area contributed by atoms with Gasteiger partial charge in [0.05, 0.1) is 0 Å². The number of carboxylic acids is 1. The molecule has 1 heterocycles. The van der Waals surface area contributed by atoms with Crippen molar-refractivity contribution in [1.29, 1.82) is 0 Å². The summed E-state index contributed by atoms with van der Waals surface area (Å²) in [4.78, 5) is 14.9. The smallest absolute Gasteiger partial charge is 0.303 e. The number of nitrogens with zero attached hydrogens (tertiary/aromatic N) is 1. The van der Waals surface area contributed by atoms with Crippen LogP contribution in [0.3, 0.4) is 0 Å². The van der Waals surface area contributed by atoms with Gasteiger partial charge in [-0.25, -0.2) is 4.98 Å². The predicted molar refractivity (Wildman–Crippen MR) is 92.0 cm³/mol. The Kier molecular flexibility index (Phi) is 6.94. The fraction of sp³-hybridized carbons (Fsp3) is 0.333. The van der Waals surface area contributed by atoms with Gasteiger partial charge in [0.25, 0.3) is 0 Å². The van der Waals surface area contributed by atoms with Gasteiger partial charge in [-0.2, -0.15) is 0 Å². The summed E-state index contributed by atoms with van der Waals surface area (Å²) in [5.41, 5.74) is 2.21. The number of benzene rings is 1. The van der Waals surface area contributed by atoms with Crippen molar-refractivity contribution in [3.8, 4) is 5.75 Å². The first-order valence-electron chi connectivity index (χ1n) is 7.69.